The largest absolute Gasteiger partial charge is 0.469 e. The lowest BCUT2D eigenvalue weighted by Gasteiger charge is -2.07. The summed E-state index contributed by atoms with van der Waals surface area (Å²) in [5, 5.41) is 14.3. The van der Waals surface area contributed by atoms with Gasteiger partial charge in [0.15, 0.2) is 5.17 Å². The van der Waals surface area contributed by atoms with E-state index in [1.807, 2.05) is 0 Å². The number of halogens is 1. The van der Waals surface area contributed by atoms with Crippen molar-refractivity contribution in [3.8, 4) is 0 Å². The highest BCUT2D eigenvalue weighted by molar-refractivity contribution is 9.10. The van der Waals surface area contributed by atoms with E-state index < -0.39 is 16.5 Å². The van der Waals surface area contributed by atoms with Crippen LogP contribution in [0.2, 0.25) is 0 Å². The first-order valence-corrected chi connectivity index (χ1v) is 11.1. The molecule has 2 fully saturated rings. The summed E-state index contributed by atoms with van der Waals surface area (Å²) in [5.74, 6) is -0.949. The third kappa shape index (κ3) is 6.06. The maximum absolute atomic E-state index is 12.2. The van der Waals surface area contributed by atoms with Crippen LogP contribution in [0.15, 0.2) is 38.9 Å². The molecule has 2 atom stereocenters. The van der Waals surface area contributed by atoms with Crippen LogP contribution in [-0.4, -0.2) is 51.6 Å². The highest BCUT2D eigenvalue weighted by atomic mass is 79.9. The summed E-state index contributed by atoms with van der Waals surface area (Å²) in [4.78, 5) is 47.4. The van der Waals surface area contributed by atoms with Gasteiger partial charge in [0.05, 0.1) is 18.8 Å². The molecule has 10 nitrogen and oxygen atoms in total. The van der Waals surface area contributed by atoms with Crippen molar-refractivity contribution >= 4 is 79.2 Å². The Hall–Kier alpha value is -2.38. The first-order valence-electron chi connectivity index (χ1n) is 8.57. The number of anilines is 1. The van der Waals surface area contributed by atoms with Crippen molar-refractivity contribution in [1.82, 2.24) is 10.6 Å². The van der Waals surface area contributed by atoms with Crippen molar-refractivity contribution in [2.24, 2.45) is 10.2 Å². The number of nitrogens with zero attached hydrogens (tertiary/aromatic N) is 2. The molecule has 2 aliphatic rings. The van der Waals surface area contributed by atoms with Gasteiger partial charge in [0.2, 0.25) is 11.8 Å². The van der Waals surface area contributed by atoms with Gasteiger partial charge >= 0.3 is 5.97 Å². The van der Waals surface area contributed by atoms with E-state index in [2.05, 4.69) is 46.8 Å². The average Bonchev–Trinajstić information content (AvgIpc) is 3.23. The summed E-state index contributed by atoms with van der Waals surface area (Å²) in [6.07, 6.45) is -0.0817. The number of carbonyl (C=O) groups excluding carboxylic acids is 4. The number of rotatable bonds is 6. The Kier molecular flexibility index (Phi) is 7.50. The van der Waals surface area contributed by atoms with Crippen LogP contribution >= 0.6 is 39.5 Å². The van der Waals surface area contributed by atoms with Crippen LogP contribution in [0.25, 0.3) is 0 Å². The van der Waals surface area contributed by atoms with E-state index in [0.717, 1.165) is 28.0 Å². The maximum atomic E-state index is 12.2. The summed E-state index contributed by atoms with van der Waals surface area (Å²) in [6.45, 7) is 0. The van der Waals surface area contributed by atoms with Crippen LogP contribution in [0.4, 0.5) is 10.5 Å². The first kappa shape index (κ1) is 22.3. The SMILES string of the molecule is COC(=O)CC1SC(=O)N/C1=N/N=C1\NC(=O)C(CC(=O)Nc2ccc(Br)cc2)S1. The molecule has 158 valence electrons. The second kappa shape index (κ2) is 10.1. The zero-order valence-electron chi connectivity index (χ0n) is 15.5. The molecule has 0 saturated carbocycles. The van der Waals surface area contributed by atoms with Gasteiger partial charge in [-0.2, -0.15) is 0 Å². The van der Waals surface area contributed by atoms with E-state index in [-0.39, 0.29) is 40.9 Å². The lowest BCUT2D eigenvalue weighted by molar-refractivity contribution is -0.140. The number of hydrogen-bond acceptors (Lipinski definition) is 9. The van der Waals surface area contributed by atoms with Crippen LogP contribution in [-0.2, 0) is 19.1 Å². The molecule has 3 amide bonds. The van der Waals surface area contributed by atoms with Gasteiger partial charge in [-0.05, 0) is 24.3 Å². The minimum absolute atomic E-state index is 0.0397. The lowest BCUT2D eigenvalue weighted by atomic mass is 10.2. The Morgan fingerprint density at radius 2 is 1.83 bits per heavy atom. The molecule has 2 saturated heterocycles. The minimum atomic E-state index is -0.655. The van der Waals surface area contributed by atoms with E-state index in [4.69, 9.17) is 0 Å². The molecule has 0 bridgehead atoms. The van der Waals surface area contributed by atoms with Crippen molar-refractivity contribution in [3.05, 3.63) is 28.7 Å². The van der Waals surface area contributed by atoms with E-state index >= 15 is 0 Å². The molecule has 1 aromatic rings. The number of esters is 1. The van der Waals surface area contributed by atoms with Crippen LogP contribution in [0, 0.1) is 0 Å². The fourth-order valence-electron chi connectivity index (χ4n) is 2.46. The molecule has 3 rings (SSSR count). The summed E-state index contributed by atoms with van der Waals surface area (Å²) >= 11 is 5.30. The highest BCUT2D eigenvalue weighted by Gasteiger charge is 2.34. The van der Waals surface area contributed by atoms with Crippen molar-refractivity contribution in [2.45, 2.75) is 23.3 Å². The molecule has 0 spiro atoms. The Morgan fingerprint density at radius 1 is 1.10 bits per heavy atom. The predicted molar refractivity (Wildman–Crippen MR) is 118 cm³/mol. The minimum Gasteiger partial charge on any atom is -0.469 e. The molecule has 2 unspecified atom stereocenters. The van der Waals surface area contributed by atoms with Crippen LogP contribution in [0.3, 0.4) is 0 Å². The van der Waals surface area contributed by atoms with Gasteiger partial charge in [0.25, 0.3) is 5.24 Å². The number of methoxy groups -OCH3 is 1. The van der Waals surface area contributed by atoms with Gasteiger partial charge in [0, 0.05) is 16.6 Å². The fourth-order valence-corrected chi connectivity index (χ4v) is 4.50. The molecule has 2 heterocycles. The molecule has 2 aliphatic heterocycles. The maximum Gasteiger partial charge on any atom is 0.307 e. The molecule has 13 heteroatoms. The Bertz CT molecular complexity index is 937. The zero-order chi connectivity index (χ0) is 21.7. The van der Waals surface area contributed by atoms with Gasteiger partial charge in [-0.1, -0.05) is 39.5 Å². The predicted octanol–water partition coefficient (Wildman–Crippen LogP) is 2.07. The van der Waals surface area contributed by atoms with Crippen molar-refractivity contribution in [1.29, 1.82) is 0 Å². The molecule has 0 radical (unpaired) electrons. The van der Waals surface area contributed by atoms with Crippen molar-refractivity contribution in [2.75, 3.05) is 12.4 Å². The van der Waals surface area contributed by atoms with Gasteiger partial charge in [-0.3, -0.25) is 19.2 Å². The molecular formula is C17H16BrN5O5S2. The second-order valence-electron chi connectivity index (χ2n) is 6.04. The Balaban J connectivity index is 1.58. The lowest BCUT2D eigenvalue weighted by Crippen LogP contribution is -2.28. The molecule has 0 aromatic heterocycles. The van der Waals surface area contributed by atoms with Crippen LogP contribution < -0.4 is 16.0 Å². The third-order valence-corrected chi connectivity index (χ3v) is 6.48. The van der Waals surface area contributed by atoms with E-state index in [0.29, 0.717) is 5.69 Å². The second-order valence-corrected chi connectivity index (χ2v) is 9.33. The van der Waals surface area contributed by atoms with Gasteiger partial charge < -0.3 is 20.7 Å². The van der Waals surface area contributed by atoms with E-state index in [1.165, 1.54) is 7.11 Å². The van der Waals surface area contributed by atoms with Gasteiger partial charge in [0.1, 0.15) is 11.1 Å². The standard InChI is InChI=1S/C17H16BrN5O5S2/c1-28-13(25)7-10-14(20-17(27)30-10)22-23-16-21-15(26)11(29-16)6-12(24)19-9-4-2-8(18)3-5-9/h2-5,10-11H,6-7H2,1H3,(H,19,24)(H,20,22,27)(H,21,23,26). The Labute approximate surface area is 188 Å². The number of benzene rings is 1. The smallest absolute Gasteiger partial charge is 0.307 e. The number of thioether (sulfide) groups is 2. The number of hydrogen-bond donors (Lipinski definition) is 3. The quantitative estimate of drug-likeness (QED) is 0.390. The van der Waals surface area contributed by atoms with Crippen molar-refractivity contribution in [3.63, 3.8) is 0 Å². The van der Waals surface area contributed by atoms with Crippen LogP contribution in [0.5, 0.6) is 0 Å². The average molecular weight is 514 g/mol. The number of amides is 3. The zero-order valence-corrected chi connectivity index (χ0v) is 18.7. The fraction of sp³-hybridized carbons (Fsp3) is 0.294. The monoisotopic (exact) mass is 513 g/mol. The summed E-state index contributed by atoms with van der Waals surface area (Å²) < 4.78 is 5.49. The number of ether oxygens (including phenoxy) is 1. The molecule has 1 aromatic carbocycles. The highest BCUT2D eigenvalue weighted by Crippen LogP contribution is 2.25. The molecule has 0 aliphatic carbocycles. The van der Waals surface area contributed by atoms with E-state index in [9.17, 15) is 19.2 Å². The van der Waals surface area contributed by atoms with Gasteiger partial charge in [-0.25, -0.2) is 0 Å². The molecule has 30 heavy (non-hydrogen) atoms. The van der Waals surface area contributed by atoms with E-state index in [1.54, 1.807) is 24.3 Å². The first-order chi connectivity index (χ1) is 14.3. The molecular weight excluding hydrogens is 498 g/mol. The Morgan fingerprint density at radius 3 is 2.53 bits per heavy atom. The number of carbonyl (C=O) groups is 4. The topological polar surface area (TPSA) is 138 Å². The van der Waals surface area contributed by atoms with Crippen LogP contribution in [0.1, 0.15) is 12.8 Å². The number of amidine groups is 2. The molecule has 3 N–H and O–H groups in total. The van der Waals surface area contributed by atoms with Gasteiger partial charge in [-0.15, -0.1) is 10.2 Å². The normalized spacial score (nSPS) is 23.4. The van der Waals surface area contributed by atoms with Crippen molar-refractivity contribution < 1.29 is 23.9 Å². The number of nitrogens with one attached hydrogen (secondary N) is 3. The third-order valence-electron chi connectivity index (χ3n) is 3.89. The summed E-state index contributed by atoms with van der Waals surface area (Å²) in [5.41, 5.74) is 0.623. The summed E-state index contributed by atoms with van der Waals surface area (Å²) in [7, 11) is 1.26. The summed E-state index contributed by atoms with van der Waals surface area (Å²) in [6, 6.07) is 7.07.